The van der Waals surface area contributed by atoms with Crippen LogP contribution >= 0.6 is 0 Å². The van der Waals surface area contributed by atoms with Crippen LogP contribution in [0, 0.1) is 0 Å². The topological polar surface area (TPSA) is 72.0 Å². The number of aromatic nitrogens is 2. The molecule has 3 aromatic rings. The Morgan fingerprint density at radius 1 is 0.900 bits per heavy atom. The number of hydrogen-bond donors (Lipinski definition) is 1. The minimum Gasteiger partial charge on any atom is -0.275 e. The molecular formula is C14H9N3O2S. The summed E-state index contributed by atoms with van der Waals surface area (Å²) in [6.45, 7) is 0. The van der Waals surface area contributed by atoms with Gasteiger partial charge in [-0.1, -0.05) is 18.2 Å². The van der Waals surface area contributed by atoms with Crippen molar-refractivity contribution in [1.29, 1.82) is 0 Å². The maximum Gasteiger partial charge on any atom is 0.280 e. The van der Waals surface area contributed by atoms with Crippen molar-refractivity contribution in [3.63, 3.8) is 0 Å². The summed E-state index contributed by atoms with van der Waals surface area (Å²) < 4.78 is 27.1. The Morgan fingerprint density at radius 2 is 1.70 bits per heavy atom. The van der Waals surface area contributed by atoms with Gasteiger partial charge in [0.1, 0.15) is 0 Å². The number of rotatable bonds is 0. The molecule has 0 unspecified atom stereocenters. The van der Waals surface area contributed by atoms with Gasteiger partial charge in [0.15, 0.2) is 5.03 Å². The Kier molecular flexibility index (Phi) is 2.14. The first kappa shape index (κ1) is 11.4. The van der Waals surface area contributed by atoms with Crippen LogP contribution in [0.25, 0.3) is 22.0 Å². The highest BCUT2D eigenvalue weighted by Gasteiger charge is 2.29. The molecule has 5 nitrogen and oxygen atoms in total. The molecule has 0 spiro atoms. The monoisotopic (exact) mass is 283 g/mol. The Labute approximate surface area is 115 Å². The van der Waals surface area contributed by atoms with Crippen molar-refractivity contribution in [3.05, 3.63) is 48.8 Å². The van der Waals surface area contributed by atoms with Crippen LogP contribution in [0.1, 0.15) is 0 Å². The van der Waals surface area contributed by atoms with Crippen LogP contribution in [0.4, 0.5) is 5.69 Å². The zero-order valence-electron chi connectivity index (χ0n) is 10.2. The number of benzene rings is 1. The van der Waals surface area contributed by atoms with Crippen LogP contribution < -0.4 is 4.72 Å². The van der Waals surface area contributed by atoms with Crippen molar-refractivity contribution in [2.24, 2.45) is 0 Å². The summed E-state index contributed by atoms with van der Waals surface area (Å²) in [5.41, 5.74) is 2.56. The molecule has 1 N–H and O–H groups in total. The molecular weight excluding hydrogens is 274 g/mol. The minimum atomic E-state index is -3.65. The highest BCUT2D eigenvalue weighted by Crippen LogP contribution is 2.41. The van der Waals surface area contributed by atoms with E-state index in [1.165, 1.54) is 6.20 Å². The van der Waals surface area contributed by atoms with Crippen LogP contribution in [0.2, 0.25) is 0 Å². The van der Waals surface area contributed by atoms with Gasteiger partial charge in [-0.05, 0) is 18.2 Å². The van der Waals surface area contributed by atoms with E-state index in [1.807, 2.05) is 24.3 Å². The lowest BCUT2D eigenvalue weighted by molar-refractivity contribution is 0.597. The fraction of sp³-hybridized carbons (Fsp3) is 0. The zero-order valence-corrected chi connectivity index (χ0v) is 11.1. The number of hydrogen-bond acceptors (Lipinski definition) is 4. The standard InChI is InChI=1S/C14H9N3O2S/c18-20(19)14-11(4-2-8-16-14)10-6-5-9-3-1-7-15-12(9)13(10)17-20/h1-8,17H. The molecule has 6 heteroatoms. The summed E-state index contributed by atoms with van der Waals surface area (Å²) in [6.07, 6.45) is 3.12. The molecule has 98 valence electrons. The molecule has 0 aliphatic carbocycles. The van der Waals surface area contributed by atoms with Gasteiger partial charge in [-0.15, -0.1) is 0 Å². The molecule has 0 saturated carbocycles. The molecule has 0 amide bonds. The number of anilines is 1. The van der Waals surface area contributed by atoms with Gasteiger partial charge in [0, 0.05) is 28.9 Å². The van der Waals surface area contributed by atoms with Crippen molar-refractivity contribution in [2.45, 2.75) is 5.03 Å². The fourth-order valence-electron chi connectivity index (χ4n) is 2.47. The summed E-state index contributed by atoms with van der Waals surface area (Å²) in [4.78, 5) is 8.27. The van der Waals surface area contributed by atoms with E-state index in [9.17, 15) is 8.42 Å². The van der Waals surface area contributed by atoms with Crippen molar-refractivity contribution >= 4 is 26.6 Å². The molecule has 3 heterocycles. The van der Waals surface area contributed by atoms with Crippen molar-refractivity contribution < 1.29 is 8.42 Å². The fourth-order valence-corrected chi connectivity index (χ4v) is 3.70. The third-order valence-electron chi connectivity index (χ3n) is 3.33. The van der Waals surface area contributed by atoms with E-state index in [0.29, 0.717) is 16.8 Å². The van der Waals surface area contributed by atoms with Crippen LogP contribution in [0.3, 0.4) is 0 Å². The molecule has 0 saturated heterocycles. The summed E-state index contributed by atoms with van der Waals surface area (Å²) in [5.74, 6) is 0. The second kappa shape index (κ2) is 3.77. The first-order chi connectivity index (χ1) is 9.67. The minimum absolute atomic E-state index is 0.0581. The molecule has 1 aliphatic heterocycles. The predicted molar refractivity (Wildman–Crippen MR) is 75.8 cm³/mol. The highest BCUT2D eigenvalue weighted by atomic mass is 32.2. The second-order valence-corrected chi connectivity index (χ2v) is 6.12. The SMILES string of the molecule is O=S1(=O)Nc2c(ccc3cccnc23)-c2cccnc21. The van der Waals surface area contributed by atoms with Gasteiger partial charge in [-0.25, -0.2) is 4.98 Å². The Hall–Kier alpha value is -2.47. The average Bonchev–Trinajstić information content (AvgIpc) is 2.47. The van der Waals surface area contributed by atoms with Gasteiger partial charge in [0.05, 0.1) is 11.2 Å². The molecule has 1 aliphatic rings. The van der Waals surface area contributed by atoms with E-state index in [1.54, 1.807) is 18.3 Å². The summed E-state index contributed by atoms with van der Waals surface area (Å²) >= 11 is 0. The van der Waals surface area contributed by atoms with E-state index in [4.69, 9.17) is 0 Å². The van der Waals surface area contributed by atoms with E-state index >= 15 is 0 Å². The van der Waals surface area contributed by atoms with E-state index in [-0.39, 0.29) is 5.03 Å². The first-order valence-corrected chi connectivity index (χ1v) is 7.51. The largest absolute Gasteiger partial charge is 0.280 e. The molecule has 20 heavy (non-hydrogen) atoms. The van der Waals surface area contributed by atoms with Gasteiger partial charge in [0.2, 0.25) is 0 Å². The number of nitrogens with one attached hydrogen (secondary N) is 1. The molecule has 4 rings (SSSR count). The number of pyridine rings is 2. The van der Waals surface area contributed by atoms with Crippen LogP contribution in [-0.4, -0.2) is 18.4 Å². The molecule has 0 radical (unpaired) electrons. The highest BCUT2D eigenvalue weighted by molar-refractivity contribution is 7.92. The molecule has 1 aromatic carbocycles. The number of fused-ring (bicyclic) bond motifs is 5. The Bertz CT molecular complexity index is 952. The average molecular weight is 283 g/mol. The van der Waals surface area contributed by atoms with Gasteiger partial charge in [-0.2, -0.15) is 8.42 Å². The van der Waals surface area contributed by atoms with E-state index < -0.39 is 10.0 Å². The lowest BCUT2D eigenvalue weighted by Gasteiger charge is -2.21. The number of sulfonamides is 1. The third-order valence-corrected chi connectivity index (χ3v) is 4.63. The van der Waals surface area contributed by atoms with E-state index in [0.717, 1.165) is 10.9 Å². The van der Waals surface area contributed by atoms with Gasteiger partial charge in [0.25, 0.3) is 10.0 Å². The second-order valence-electron chi connectivity index (χ2n) is 4.52. The molecule has 2 aromatic heterocycles. The lowest BCUT2D eigenvalue weighted by atomic mass is 10.0. The van der Waals surface area contributed by atoms with Gasteiger partial charge in [-0.3, -0.25) is 9.71 Å². The zero-order chi connectivity index (χ0) is 13.7. The maximum atomic E-state index is 12.3. The van der Waals surface area contributed by atoms with Crippen molar-refractivity contribution in [2.75, 3.05) is 4.72 Å². The first-order valence-electron chi connectivity index (χ1n) is 6.03. The van der Waals surface area contributed by atoms with Crippen LogP contribution in [-0.2, 0) is 10.0 Å². The summed E-state index contributed by atoms with van der Waals surface area (Å²) in [6, 6.07) is 11.0. The maximum absolute atomic E-state index is 12.3. The molecule has 0 atom stereocenters. The Morgan fingerprint density at radius 3 is 2.60 bits per heavy atom. The Balaban J connectivity index is 2.18. The molecule has 0 bridgehead atoms. The van der Waals surface area contributed by atoms with Crippen molar-refractivity contribution in [3.8, 4) is 11.1 Å². The molecule has 0 fully saturated rings. The van der Waals surface area contributed by atoms with Gasteiger partial charge >= 0.3 is 0 Å². The predicted octanol–water partition coefficient (Wildman–Crippen LogP) is 2.41. The van der Waals surface area contributed by atoms with Crippen molar-refractivity contribution in [1.82, 2.24) is 9.97 Å². The van der Waals surface area contributed by atoms with Gasteiger partial charge < -0.3 is 0 Å². The smallest absolute Gasteiger partial charge is 0.275 e. The van der Waals surface area contributed by atoms with Crippen LogP contribution in [0.5, 0.6) is 0 Å². The third kappa shape index (κ3) is 1.45. The normalized spacial score (nSPS) is 15.2. The van der Waals surface area contributed by atoms with E-state index in [2.05, 4.69) is 14.7 Å². The summed E-state index contributed by atoms with van der Waals surface area (Å²) in [7, 11) is -3.65. The number of nitrogens with zero attached hydrogens (tertiary/aromatic N) is 2. The summed E-state index contributed by atoms with van der Waals surface area (Å²) in [5, 5.41) is 0.948. The lowest BCUT2D eigenvalue weighted by Crippen LogP contribution is -2.20. The van der Waals surface area contributed by atoms with Crippen LogP contribution in [0.15, 0.2) is 53.8 Å². The quantitative estimate of drug-likeness (QED) is 0.687.